The summed E-state index contributed by atoms with van der Waals surface area (Å²) in [7, 11) is 3.49. The normalized spacial score (nSPS) is 24.8. The van der Waals surface area contributed by atoms with Crippen LogP contribution in [0.5, 0.6) is 28.7 Å². The summed E-state index contributed by atoms with van der Waals surface area (Å²) in [6.07, 6.45) is 0.961. The molecule has 0 aliphatic carbocycles. The minimum Gasteiger partial charge on any atom is -0.507 e. The Bertz CT molecular complexity index is 1620. The van der Waals surface area contributed by atoms with Gasteiger partial charge in [-0.05, 0) is 51.8 Å². The van der Waals surface area contributed by atoms with Crippen molar-refractivity contribution in [2.45, 2.75) is 76.3 Å². The fourth-order valence-corrected chi connectivity index (χ4v) is 8.03. The van der Waals surface area contributed by atoms with E-state index in [-0.39, 0.29) is 105 Å². The summed E-state index contributed by atoms with van der Waals surface area (Å²) in [4.78, 5) is 29.6. The van der Waals surface area contributed by atoms with E-state index in [1.54, 1.807) is 13.8 Å². The maximum absolute atomic E-state index is 13.3. The first-order chi connectivity index (χ1) is 21.5. The quantitative estimate of drug-likeness (QED) is 0.305. The van der Waals surface area contributed by atoms with Crippen LogP contribution in [0, 0.1) is 69.2 Å². The number of amides is 2. The Balaban J connectivity index is 0.00000417. The number of alkyl halides is 1. The zero-order valence-corrected chi connectivity index (χ0v) is 32.0. The van der Waals surface area contributed by atoms with Gasteiger partial charge in [0.1, 0.15) is 17.8 Å². The number of carbonyl (C=O) groups excluding carboxylic acids is 2. The van der Waals surface area contributed by atoms with Crippen molar-refractivity contribution in [3.05, 3.63) is 39.4 Å². The molecule has 1 fully saturated rings. The third-order valence-electron chi connectivity index (χ3n) is 9.85. The van der Waals surface area contributed by atoms with Gasteiger partial charge >= 0.3 is 0 Å². The standard InChI is InChI=1S/C32H38ClN5O7.Ac/c1-14-8-17-9-19-21(11-34)38-20(26(37(19)4)24(17)28(41)29(14)43-5)10-18-25(31-30(44-13-45-31)15(2)27(18)40)22(38)12-35-32(42)16(3)36-23(39)6-7-33;/h8,16,19-22,26,40-41H,6-7,9-10,12-13H2,1-5H3,(H,35,42)(H,36,39);/t16-,19-,20?,21-,22-,26-;/m0./s1. The minimum atomic E-state index is -0.825. The predicted octanol–water partition coefficient (Wildman–Crippen LogP) is 2.47. The van der Waals surface area contributed by atoms with Gasteiger partial charge in [0.25, 0.3) is 0 Å². The van der Waals surface area contributed by atoms with Crippen LogP contribution < -0.4 is 24.8 Å². The zero-order valence-electron chi connectivity index (χ0n) is 26.5. The number of hydrogen-bond donors (Lipinski definition) is 4. The molecule has 243 valence electrons. The van der Waals surface area contributed by atoms with Crippen LogP contribution in [0.2, 0.25) is 0 Å². The van der Waals surface area contributed by atoms with Gasteiger partial charge in [-0.2, -0.15) is 5.26 Å². The van der Waals surface area contributed by atoms with Gasteiger partial charge in [-0.1, -0.05) is 6.07 Å². The number of hydrogen-bond acceptors (Lipinski definition) is 10. The largest absolute Gasteiger partial charge is 0.507 e. The van der Waals surface area contributed by atoms with E-state index in [1.807, 2.05) is 20.0 Å². The number of nitrogens with zero attached hydrogens (tertiary/aromatic N) is 3. The molecule has 4 aliphatic rings. The topological polar surface area (TPSA) is 157 Å². The number of fused-ring (bicyclic) bond motifs is 9. The second kappa shape index (κ2) is 13.6. The number of carbonyl (C=O) groups is 2. The Morgan fingerprint density at radius 2 is 1.89 bits per heavy atom. The van der Waals surface area contributed by atoms with Gasteiger partial charge in [0, 0.05) is 97.2 Å². The molecule has 6 atom stereocenters. The monoisotopic (exact) mass is 866 g/mol. The van der Waals surface area contributed by atoms with Crippen LogP contribution >= 0.6 is 11.6 Å². The Morgan fingerprint density at radius 3 is 2.57 bits per heavy atom. The Labute approximate surface area is 308 Å². The van der Waals surface area contributed by atoms with Crippen LogP contribution in [0.3, 0.4) is 0 Å². The van der Waals surface area contributed by atoms with Gasteiger partial charge in [-0.3, -0.25) is 19.4 Å². The van der Waals surface area contributed by atoms with Crippen LogP contribution in [-0.4, -0.2) is 89.4 Å². The maximum Gasteiger partial charge on any atom is 0.242 e. The Hall–Kier alpha value is -2.48. The van der Waals surface area contributed by atoms with E-state index in [1.165, 1.54) is 7.11 Å². The zero-order chi connectivity index (χ0) is 32.3. The number of nitriles is 1. The number of likely N-dealkylation sites (N-methyl/N-ethyl adjacent to an activating group) is 1. The molecule has 0 saturated carbocycles. The summed E-state index contributed by atoms with van der Waals surface area (Å²) in [5.41, 5.74) is 4.37. The van der Waals surface area contributed by atoms with Crippen LogP contribution in [0.4, 0.5) is 0 Å². The fraction of sp³-hybridized carbons (Fsp3) is 0.531. The Kier molecular flexibility index (Phi) is 10.3. The van der Waals surface area contributed by atoms with Crippen molar-refractivity contribution in [1.29, 1.82) is 5.26 Å². The molecule has 1 radical (unpaired) electrons. The van der Waals surface area contributed by atoms with Crippen molar-refractivity contribution in [1.82, 2.24) is 20.4 Å². The number of benzene rings is 2. The summed E-state index contributed by atoms with van der Waals surface area (Å²) in [5.74, 6) is 0.881. The Morgan fingerprint density at radius 1 is 1.17 bits per heavy atom. The summed E-state index contributed by atoms with van der Waals surface area (Å²) >= 11 is 5.69. The molecular formula is C32H38AcClN5O7. The number of aromatic hydroxyl groups is 2. The van der Waals surface area contributed by atoms with Crippen LogP contribution in [0.15, 0.2) is 6.07 Å². The number of nitrogens with one attached hydrogen (secondary N) is 2. The number of phenolic OH excluding ortho intramolecular Hbond substituents is 2. The second-order valence-electron chi connectivity index (χ2n) is 12.2. The summed E-state index contributed by atoms with van der Waals surface area (Å²) in [6, 6.07) is 1.59. The molecule has 2 bridgehead atoms. The molecule has 46 heavy (non-hydrogen) atoms. The average Bonchev–Trinajstić information content (AvgIpc) is 3.49. The molecule has 12 nitrogen and oxygen atoms in total. The van der Waals surface area contributed by atoms with E-state index in [2.05, 4.69) is 26.5 Å². The molecule has 1 saturated heterocycles. The first kappa shape index (κ1) is 34.8. The maximum atomic E-state index is 13.3. The van der Waals surface area contributed by atoms with E-state index >= 15 is 0 Å². The minimum absolute atomic E-state index is 0. The molecule has 2 aromatic carbocycles. The molecule has 0 spiro atoms. The van der Waals surface area contributed by atoms with Gasteiger partial charge < -0.3 is 35.1 Å². The van der Waals surface area contributed by atoms with Crippen molar-refractivity contribution in [3.8, 4) is 34.8 Å². The number of phenols is 2. The van der Waals surface area contributed by atoms with Crippen molar-refractivity contribution < 1.29 is 78.1 Å². The number of aryl methyl sites for hydroxylation is 1. The van der Waals surface area contributed by atoms with E-state index < -0.39 is 24.0 Å². The third-order valence-corrected chi connectivity index (χ3v) is 10.0. The number of rotatable bonds is 7. The summed E-state index contributed by atoms with van der Waals surface area (Å²) < 4.78 is 17.4. The number of halogens is 1. The number of ether oxygens (including phenoxy) is 3. The van der Waals surface area contributed by atoms with E-state index in [0.29, 0.717) is 46.8 Å². The number of piperazine rings is 1. The van der Waals surface area contributed by atoms with Gasteiger partial charge in [0.2, 0.25) is 18.6 Å². The third kappa shape index (κ3) is 5.48. The molecular weight excluding hydrogens is 829 g/mol. The predicted molar refractivity (Wildman–Crippen MR) is 164 cm³/mol. The first-order valence-electron chi connectivity index (χ1n) is 15.1. The molecule has 4 heterocycles. The summed E-state index contributed by atoms with van der Waals surface area (Å²) in [5, 5.41) is 39.5. The molecule has 4 N–H and O–H groups in total. The molecule has 4 aliphatic heterocycles. The van der Waals surface area contributed by atoms with E-state index in [0.717, 1.165) is 16.7 Å². The average molecular weight is 867 g/mol. The van der Waals surface area contributed by atoms with Crippen LogP contribution in [0.1, 0.15) is 58.8 Å². The van der Waals surface area contributed by atoms with Gasteiger partial charge in [0.15, 0.2) is 23.0 Å². The van der Waals surface area contributed by atoms with Crippen LogP contribution in [0.25, 0.3) is 0 Å². The van der Waals surface area contributed by atoms with Crippen LogP contribution in [-0.2, 0) is 22.4 Å². The smallest absolute Gasteiger partial charge is 0.242 e. The van der Waals surface area contributed by atoms with E-state index in [9.17, 15) is 25.1 Å². The molecule has 6 rings (SSSR count). The number of methoxy groups -OCH3 is 1. The molecule has 2 amide bonds. The van der Waals surface area contributed by atoms with E-state index in [4.69, 9.17) is 25.8 Å². The second-order valence-corrected chi connectivity index (χ2v) is 12.6. The van der Waals surface area contributed by atoms with Crippen molar-refractivity contribution in [3.63, 3.8) is 0 Å². The van der Waals surface area contributed by atoms with Crippen molar-refractivity contribution >= 4 is 23.4 Å². The van der Waals surface area contributed by atoms with Gasteiger partial charge in [-0.15, -0.1) is 11.6 Å². The van der Waals surface area contributed by atoms with Gasteiger partial charge in [0.05, 0.1) is 25.3 Å². The molecule has 0 aromatic heterocycles. The van der Waals surface area contributed by atoms with Crippen molar-refractivity contribution in [2.24, 2.45) is 0 Å². The first-order valence-corrected chi connectivity index (χ1v) is 15.6. The molecule has 2 aromatic rings. The summed E-state index contributed by atoms with van der Waals surface area (Å²) in [6.45, 7) is 5.30. The molecule has 14 heteroatoms. The fourth-order valence-electron chi connectivity index (χ4n) is 7.86. The van der Waals surface area contributed by atoms with Gasteiger partial charge in [-0.25, -0.2) is 0 Å². The van der Waals surface area contributed by atoms with Crippen molar-refractivity contribution in [2.75, 3.05) is 33.4 Å². The molecule has 1 unspecified atom stereocenters. The SMILES string of the molecule is COc1c(C)cc2c(c1O)[C@@H]1C3Cc4c(O)c(C)c5c(c4[C@H](CNC(=O)[C@H](C)NC(=O)CCCl)N3[C@@H](C#N)[C@H](C2)N1C)OCO5.[Ac].